The first-order chi connectivity index (χ1) is 7.02. The van der Waals surface area contributed by atoms with Crippen molar-refractivity contribution in [2.75, 3.05) is 0 Å². The van der Waals surface area contributed by atoms with Crippen molar-refractivity contribution in [1.82, 2.24) is 0 Å². The number of para-hydroxylation sites is 1. The predicted molar refractivity (Wildman–Crippen MR) is 56.0 cm³/mol. The van der Waals surface area contributed by atoms with E-state index in [4.69, 9.17) is 5.73 Å². The van der Waals surface area contributed by atoms with Gasteiger partial charge in [0, 0.05) is 11.1 Å². The normalized spacial score (nSPS) is 13.6. The third kappa shape index (κ3) is 2.82. The third-order valence-corrected chi connectivity index (χ3v) is 2.05. The van der Waals surface area contributed by atoms with Crippen LogP contribution >= 0.6 is 0 Å². The van der Waals surface area contributed by atoms with Crippen molar-refractivity contribution in [3.05, 3.63) is 41.5 Å². The third-order valence-electron chi connectivity index (χ3n) is 2.05. The Morgan fingerprint density at radius 2 is 2.07 bits per heavy atom. The van der Waals surface area contributed by atoms with E-state index in [0.29, 0.717) is 5.56 Å². The highest BCUT2D eigenvalue weighted by Crippen LogP contribution is 2.24. The summed E-state index contributed by atoms with van der Waals surface area (Å²) in [5.41, 5.74) is 5.62. The van der Waals surface area contributed by atoms with Gasteiger partial charge in [0.1, 0.15) is 11.9 Å². The number of aliphatic hydroxyl groups is 1. The maximum atomic E-state index is 10.7. The zero-order valence-corrected chi connectivity index (χ0v) is 8.34. The first kappa shape index (κ1) is 11.3. The molecule has 4 nitrogen and oxygen atoms in total. The van der Waals surface area contributed by atoms with E-state index in [0.717, 1.165) is 0 Å². The number of aliphatic hydroxyl groups excluding tert-OH is 1. The number of aromatic hydroxyl groups is 1. The number of amides is 1. The van der Waals surface area contributed by atoms with Crippen LogP contribution in [0.2, 0.25) is 0 Å². The second kappa shape index (κ2) is 4.61. The molecule has 0 saturated carbocycles. The molecule has 1 rings (SSSR count). The second-order valence-electron chi connectivity index (χ2n) is 3.22. The Bertz CT molecular complexity index is 399. The van der Waals surface area contributed by atoms with Gasteiger partial charge in [0.2, 0.25) is 5.91 Å². The summed E-state index contributed by atoms with van der Waals surface area (Å²) in [6.45, 7) is 1.51. The molecule has 0 aliphatic carbocycles. The molecule has 1 atom stereocenters. The van der Waals surface area contributed by atoms with E-state index in [2.05, 4.69) is 0 Å². The summed E-state index contributed by atoms with van der Waals surface area (Å²) in [5.74, 6) is -0.608. The van der Waals surface area contributed by atoms with E-state index in [1.54, 1.807) is 18.2 Å². The van der Waals surface area contributed by atoms with E-state index >= 15 is 0 Å². The fraction of sp³-hybridized carbons (Fsp3) is 0.182. The van der Waals surface area contributed by atoms with Crippen LogP contribution in [0.1, 0.15) is 18.6 Å². The average molecular weight is 207 g/mol. The average Bonchev–Trinajstić information content (AvgIpc) is 2.18. The van der Waals surface area contributed by atoms with Gasteiger partial charge in [0.25, 0.3) is 0 Å². The Morgan fingerprint density at radius 1 is 1.47 bits per heavy atom. The van der Waals surface area contributed by atoms with Crippen LogP contribution in [0.5, 0.6) is 5.75 Å². The molecule has 4 N–H and O–H groups in total. The minimum Gasteiger partial charge on any atom is -0.508 e. The highest BCUT2D eigenvalue weighted by molar-refractivity contribution is 5.91. The van der Waals surface area contributed by atoms with Gasteiger partial charge in [0.05, 0.1) is 0 Å². The number of carbonyl (C=O) groups is 1. The molecule has 1 unspecified atom stereocenters. The number of primary amides is 1. The second-order valence-corrected chi connectivity index (χ2v) is 3.22. The van der Waals surface area contributed by atoms with Crippen molar-refractivity contribution >= 4 is 5.91 Å². The number of hydrogen-bond acceptors (Lipinski definition) is 3. The number of phenols is 1. The minimum absolute atomic E-state index is 0.0153. The predicted octanol–water partition coefficient (Wildman–Crippen LogP) is 0.857. The summed E-state index contributed by atoms with van der Waals surface area (Å²) in [5, 5.41) is 19.1. The zero-order valence-electron chi connectivity index (χ0n) is 8.34. The standard InChI is InChI=1S/C11H13NO3/c1-7(11(12)15)6-10(14)8-4-2-3-5-9(8)13/h2-6,10,13-14H,1H3,(H2,12,15). The molecule has 0 spiro atoms. The Hall–Kier alpha value is -1.81. The lowest BCUT2D eigenvalue weighted by Gasteiger charge is -2.08. The summed E-state index contributed by atoms with van der Waals surface area (Å²) in [7, 11) is 0. The molecule has 80 valence electrons. The Kier molecular flexibility index (Phi) is 3.46. The summed E-state index contributed by atoms with van der Waals surface area (Å²) >= 11 is 0. The molecule has 0 heterocycles. The van der Waals surface area contributed by atoms with Crippen LogP contribution in [0.25, 0.3) is 0 Å². The van der Waals surface area contributed by atoms with Crippen molar-refractivity contribution in [2.24, 2.45) is 5.73 Å². The van der Waals surface area contributed by atoms with Gasteiger partial charge >= 0.3 is 0 Å². The Balaban J connectivity index is 2.96. The molecule has 0 bridgehead atoms. The number of benzene rings is 1. The van der Waals surface area contributed by atoms with E-state index in [1.165, 1.54) is 19.1 Å². The lowest BCUT2D eigenvalue weighted by molar-refractivity contribution is -0.114. The Morgan fingerprint density at radius 3 is 2.60 bits per heavy atom. The van der Waals surface area contributed by atoms with Crippen molar-refractivity contribution < 1.29 is 15.0 Å². The summed E-state index contributed by atoms with van der Waals surface area (Å²) in [4.78, 5) is 10.7. The van der Waals surface area contributed by atoms with Crippen molar-refractivity contribution in [1.29, 1.82) is 0 Å². The van der Waals surface area contributed by atoms with E-state index in [-0.39, 0.29) is 11.3 Å². The molecule has 0 fully saturated rings. The molecular formula is C11H13NO3. The van der Waals surface area contributed by atoms with E-state index in [1.807, 2.05) is 0 Å². The van der Waals surface area contributed by atoms with Gasteiger partial charge in [0.15, 0.2) is 0 Å². The van der Waals surface area contributed by atoms with Crippen LogP contribution in [-0.4, -0.2) is 16.1 Å². The highest BCUT2D eigenvalue weighted by Gasteiger charge is 2.10. The fourth-order valence-corrected chi connectivity index (χ4v) is 1.15. The minimum atomic E-state index is -1.03. The van der Waals surface area contributed by atoms with Gasteiger partial charge in [-0.2, -0.15) is 0 Å². The molecule has 0 aromatic heterocycles. The quantitative estimate of drug-likeness (QED) is 0.643. The zero-order chi connectivity index (χ0) is 11.4. The molecule has 1 aromatic rings. The molecular weight excluding hydrogens is 194 g/mol. The van der Waals surface area contributed by atoms with Crippen LogP contribution in [0.3, 0.4) is 0 Å². The van der Waals surface area contributed by atoms with Crippen molar-refractivity contribution in [2.45, 2.75) is 13.0 Å². The smallest absolute Gasteiger partial charge is 0.244 e. The largest absolute Gasteiger partial charge is 0.508 e. The van der Waals surface area contributed by atoms with E-state index in [9.17, 15) is 15.0 Å². The first-order valence-corrected chi connectivity index (χ1v) is 4.46. The molecule has 0 aliphatic heterocycles. The van der Waals surface area contributed by atoms with Gasteiger partial charge in [-0.1, -0.05) is 18.2 Å². The molecule has 0 saturated heterocycles. The van der Waals surface area contributed by atoms with Crippen LogP contribution in [0.15, 0.2) is 35.9 Å². The highest BCUT2D eigenvalue weighted by atomic mass is 16.3. The van der Waals surface area contributed by atoms with Crippen molar-refractivity contribution in [3.8, 4) is 5.75 Å². The molecule has 1 amide bonds. The molecule has 0 radical (unpaired) electrons. The number of carbonyl (C=O) groups excluding carboxylic acids is 1. The molecule has 4 heteroatoms. The van der Waals surface area contributed by atoms with Crippen LogP contribution in [0, 0.1) is 0 Å². The number of rotatable bonds is 3. The van der Waals surface area contributed by atoms with Crippen LogP contribution in [-0.2, 0) is 4.79 Å². The van der Waals surface area contributed by atoms with Gasteiger partial charge in [-0.15, -0.1) is 0 Å². The van der Waals surface area contributed by atoms with Gasteiger partial charge in [-0.05, 0) is 19.1 Å². The summed E-state index contributed by atoms with van der Waals surface area (Å²) in [6.07, 6.45) is 0.274. The summed E-state index contributed by atoms with van der Waals surface area (Å²) in [6, 6.07) is 6.37. The van der Waals surface area contributed by atoms with Gasteiger partial charge in [-0.3, -0.25) is 4.79 Å². The fourth-order valence-electron chi connectivity index (χ4n) is 1.15. The maximum absolute atomic E-state index is 10.7. The molecule has 1 aromatic carbocycles. The topological polar surface area (TPSA) is 83.6 Å². The van der Waals surface area contributed by atoms with Gasteiger partial charge < -0.3 is 15.9 Å². The van der Waals surface area contributed by atoms with Gasteiger partial charge in [-0.25, -0.2) is 0 Å². The summed E-state index contributed by atoms with van der Waals surface area (Å²) < 4.78 is 0. The van der Waals surface area contributed by atoms with Crippen LogP contribution < -0.4 is 5.73 Å². The SMILES string of the molecule is CC(=CC(O)c1ccccc1O)C(N)=O. The lowest BCUT2D eigenvalue weighted by atomic mass is 10.1. The van der Waals surface area contributed by atoms with Crippen LogP contribution in [0.4, 0.5) is 0 Å². The number of phenolic OH excluding ortho intramolecular Hbond substituents is 1. The molecule has 15 heavy (non-hydrogen) atoms. The lowest BCUT2D eigenvalue weighted by Crippen LogP contribution is -2.12. The van der Waals surface area contributed by atoms with Crippen molar-refractivity contribution in [3.63, 3.8) is 0 Å². The first-order valence-electron chi connectivity index (χ1n) is 4.46. The Labute approximate surface area is 87.7 Å². The molecule has 0 aliphatic rings. The number of nitrogens with two attached hydrogens (primary N) is 1. The number of hydrogen-bond donors (Lipinski definition) is 3. The monoisotopic (exact) mass is 207 g/mol. The van der Waals surface area contributed by atoms with E-state index < -0.39 is 12.0 Å². The maximum Gasteiger partial charge on any atom is 0.244 e.